The summed E-state index contributed by atoms with van der Waals surface area (Å²) in [5.74, 6) is 0.439. The van der Waals surface area contributed by atoms with Crippen LogP contribution in [-0.4, -0.2) is 66.2 Å². The number of hydrogen-bond donors (Lipinski definition) is 0. The van der Waals surface area contributed by atoms with Gasteiger partial charge in [-0.05, 0) is 51.4 Å². The predicted octanol–water partition coefficient (Wildman–Crippen LogP) is 3.57. The molecule has 0 saturated carbocycles. The number of benzene rings is 2. The van der Waals surface area contributed by atoms with Gasteiger partial charge in [-0.3, -0.25) is 14.2 Å². The Hall–Kier alpha value is -2.55. The molecule has 0 N–H and O–H groups in total. The maximum Gasteiger partial charge on any atom is 0.261 e. The van der Waals surface area contributed by atoms with Crippen molar-refractivity contribution in [2.45, 2.75) is 19.5 Å². The minimum absolute atomic E-state index is 0.110. The number of fused-ring (bicyclic) bond motifs is 1. The molecule has 0 fully saturated rings. The molecule has 0 spiro atoms. The highest BCUT2D eigenvalue weighted by molar-refractivity contribution is 9.10. The van der Waals surface area contributed by atoms with Gasteiger partial charge in [-0.2, -0.15) is 0 Å². The van der Waals surface area contributed by atoms with Crippen molar-refractivity contribution in [1.82, 2.24) is 19.4 Å². The Morgan fingerprint density at radius 2 is 1.91 bits per heavy atom. The van der Waals surface area contributed by atoms with Crippen molar-refractivity contribution in [3.8, 4) is 0 Å². The van der Waals surface area contributed by atoms with Gasteiger partial charge in [0.1, 0.15) is 5.82 Å². The fraction of sp³-hybridized carbons (Fsp3) is 0.375. The molecule has 1 amide bonds. The molecule has 1 aromatic heterocycles. The number of amides is 1. The van der Waals surface area contributed by atoms with Crippen LogP contribution >= 0.6 is 15.9 Å². The third kappa shape index (κ3) is 5.43. The van der Waals surface area contributed by atoms with Crippen LogP contribution in [0.4, 0.5) is 0 Å². The second-order valence-electron chi connectivity index (χ2n) is 7.92. The van der Waals surface area contributed by atoms with Crippen molar-refractivity contribution in [3.05, 3.63) is 74.7 Å². The van der Waals surface area contributed by atoms with Gasteiger partial charge in [-0.25, -0.2) is 4.98 Å². The van der Waals surface area contributed by atoms with E-state index in [2.05, 4.69) is 15.9 Å². The highest BCUT2D eigenvalue weighted by Crippen LogP contribution is 2.23. The average Bonchev–Trinajstić information content (AvgIpc) is 2.78. The van der Waals surface area contributed by atoms with E-state index in [0.717, 1.165) is 4.47 Å². The molecule has 3 rings (SSSR count). The number of halogens is 1. The van der Waals surface area contributed by atoms with E-state index in [0.29, 0.717) is 48.5 Å². The van der Waals surface area contributed by atoms with Crippen molar-refractivity contribution in [2.75, 3.05) is 40.9 Å². The van der Waals surface area contributed by atoms with E-state index in [1.807, 2.05) is 62.3 Å². The molecule has 7 nitrogen and oxygen atoms in total. The first kappa shape index (κ1) is 24.1. The lowest BCUT2D eigenvalue weighted by Gasteiger charge is -2.31. The first-order chi connectivity index (χ1) is 15.3. The third-order valence-electron chi connectivity index (χ3n) is 5.37. The molecular weight excluding hydrogens is 472 g/mol. The second-order valence-corrected chi connectivity index (χ2v) is 8.84. The Bertz CT molecular complexity index is 1150. The number of para-hydroxylation sites is 1. The summed E-state index contributed by atoms with van der Waals surface area (Å²) in [6, 6.07) is 14.2. The molecule has 1 heterocycles. The Balaban J connectivity index is 2.10. The van der Waals surface area contributed by atoms with Crippen LogP contribution in [0.5, 0.6) is 0 Å². The lowest BCUT2D eigenvalue weighted by Crippen LogP contribution is -2.41. The minimum atomic E-state index is -0.421. The molecule has 2 aromatic carbocycles. The summed E-state index contributed by atoms with van der Waals surface area (Å²) in [6.45, 7) is 3.83. The van der Waals surface area contributed by atoms with Crippen LogP contribution in [0.3, 0.4) is 0 Å². The van der Waals surface area contributed by atoms with Crippen LogP contribution in [0.1, 0.15) is 29.1 Å². The van der Waals surface area contributed by atoms with Crippen LogP contribution in [0.2, 0.25) is 0 Å². The van der Waals surface area contributed by atoms with E-state index in [9.17, 15) is 9.59 Å². The maximum atomic E-state index is 13.5. The summed E-state index contributed by atoms with van der Waals surface area (Å²) < 4.78 is 7.71. The van der Waals surface area contributed by atoms with E-state index in [1.54, 1.807) is 28.7 Å². The lowest BCUT2D eigenvalue weighted by molar-refractivity contribution is 0.0663. The number of ether oxygens (including phenoxy) is 1. The summed E-state index contributed by atoms with van der Waals surface area (Å²) in [6.07, 6.45) is 0. The first-order valence-electron chi connectivity index (χ1n) is 10.5. The normalized spacial score (nSPS) is 12.3. The molecule has 1 atom stereocenters. The number of aromatic nitrogens is 2. The van der Waals surface area contributed by atoms with Crippen molar-refractivity contribution in [2.24, 2.45) is 0 Å². The fourth-order valence-electron chi connectivity index (χ4n) is 3.61. The van der Waals surface area contributed by atoms with Gasteiger partial charge in [0.05, 0.1) is 30.1 Å². The molecular formula is C24H29BrN4O3. The van der Waals surface area contributed by atoms with E-state index >= 15 is 0 Å². The lowest BCUT2D eigenvalue weighted by atomic mass is 10.1. The SMILES string of the molecule is COCCn1c(C(C)N(CCN(C)C)C(=O)c2cccc(Br)c2)nc2ccccc2c1=O. The van der Waals surface area contributed by atoms with Gasteiger partial charge in [-0.1, -0.05) is 34.1 Å². The number of carbonyl (C=O) groups is 1. The van der Waals surface area contributed by atoms with Gasteiger partial charge < -0.3 is 14.5 Å². The van der Waals surface area contributed by atoms with Crippen LogP contribution in [0, 0.1) is 0 Å². The topological polar surface area (TPSA) is 67.7 Å². The highest BCUT2D eigenvalue weighted by atomic mass is 79.9. The van der Waals surface area contributed by atoms with E-state index in [-0.39, 0.29) is 11.5 Å². The highest BCUT2D eigenvalue weighted by Gasteiger charge is 2.27. The molecule has 0 aliphatic heterocycles. The van der Waals surface area contributed by atoms with Gasteiger partial charge in [-0.15, -0.1) is 0 Å². The summed E-state index contributed by atoms with van der Waals surface area (Å²) >= 11 is 3.45. The Labute approximate surface area is 196 Å². The van der Waals surface area contributed by atoms with Gasteiger partial charge in [0, 0.05) is 30.2 Å². The molecule has 3 aromatic rings. The van der Waals surface area contributed by atoms with Crippen molar-refractivity contribution >= 4 is 32.7 Å². The second kappa shape index (κ2) is 10.8. The Morgan fingerprint density at radius 1 is 1.16 bits per heavy atom. The number of nitrogens with zero attached hydrogens (tertiary/aromatic N) is 4. The molecule has 0 aliphatic carbocycles. The summed E-state index contributed by atoms with van der Waals surface area (Å²) in [5, 5.41) is 0.553. The largest absolute Gasteiger partial charge is 0.383 e. The molecule has 0 bridgehead atoms. The zero-order valence-electron chi connectivity index (χ0n) is 18.9. The number of carbonyl (C=O) groups excluding carboxylic acids is 1. The fourth-order valence-corrected chi connectivity index (χ4v) is 4.01. The van der Waals surface area contributed by atoms with Crippen LogP contribution < -0.4 is 5.56 Å². The smallest absolute Gasteiger partial charge is 0.261 e. The number of rotatable bonds is 9. The first-order valence-corrected chi connectivity index (χ1v) is 11.3. The zero-order chi connectivity index (χ0) is 23.3. The Kier molecular flexibility index (Phi) is 8.17. The number of likely N-dealkylation sites (N-methyl/N-ethyl adjacent to an activating group) is 1. The van der Waals surface area contributed by atoms with E-state index in [4.69, 9.17) is 9.72 Å². The van der Waals surface area contributed by atoms with Gasteiger partial charge in [0.25, 0.3) is 11.5 Å². The molecule has 32 heavy (non-hydrogen) atoms. The summed E-state index contributed by atoms with van der Waals surface area (Å²) in [7, 11) is 5.53. The predicted molar refractivity (Wildman–Crippen MR) is 130 cm³/mol. The molecule has 170 valence electrons. The summed E-state index contributed by atoms with van der Waals surface area (Å²) in [4.78, 5) is 35.5. The number of methoxy groups -OCH3 is 1. The van der Waals surface area contributed by atoms with Crippen molar-refractivity contribution < 1.29 is 9.53 Å². The molecule has 0 saturated heterocycles. The average molecular weight is 501 g/mol. The van der Waals surface area contributed by atoms with Crippen LogP contribution in [-0.2, 0) is 11.3 Å². The minimum Gasteiger partial charge on any atom is -0.383 e. The number of hydrogen-bond acceptors (Lipinski definition) is 5. The molecule has 0 radical (unpaired) electrons. The quantitative estimate of drug-likeness (QED) is 0.449. The zero-order valence-corrected chi connectivity index (χ0v) is 20.5. The van der Waals surface area contributed by atoms with Crippen LogP contribution in [0.25, 0.3) is 10.9 Å². The molecule has 8 heteroatoms. The van der Waals surface area contributed by atoms with Gasteiger partial charge in [0.2, 0.25) is 0 Å². The standard InChI is InChI=1S/C24H29BrN4O3/c1-17(28(13-12-27(2)3)23(30)18-8-7-9-19(25)16-18)22-26-21-11-6-5-10-20(21)24(31)29(22)14-15-32-4/h5-11,16-17H,12-15H2,1-4H3. The van der Waals surface area contributed by atoms with Crippen molar-refractivity contribution in [3.63, 3.8) is 0 Å². The van der Waals surface area contributed by atoms with Crippen LogP contribution in [0.15, 0.2) is 57.8 Å². The third-order valence-corrected chi connectivity index (χ3v) is 5.87. The Morgan fingerprint density at radius 3 is 2.59 bits per heavy atom. The monoisotopic (exact) mass is 500 g/mol. The molecule has 0 aliphatic rings. The van der Waals surface area contributed by atoms with E-state index < -0.39 is 6.04 Å². The van der Waals surface area contributed by atoms with Gasteiger partial charge in [0.15, 0.2) is 0 Å². The van der Waals surface area contributed by atoms with Crippen molar-refractivity contribution in [1.29, 1.82) is 0 Å². The maximum absolute atomic E-state index is 13.5. The van der Waals surface area contributed by atoms with Gasteiger partial charge >= 0.3 is 0 Å². The molecule has 1 unspecified atom stereocenters. The van der Waals surface area contributed by atoms with E-state index in [1.165, 1.54) is 0 Å². The summed E-state index contributed by atoms with van der Waals surface area (Å²) in [5.41, 5.74) is 1.07.